The van der Waals surface area contributed by atoms with Gasteiger partial charge in [-0.05, 0) is 43.2 Å². The van der Waals surface area contributed by atoms with E-state index in [1.807, 2.05) is 11.4 Å². The summed E-state index contributed by atoms with van der Waals surface area (Å²) in [5.74, 6) is -0.104. The van der Waals surface area contributed by atoms with E-state index in [0.717, 1.165) is 5.39 Å². The van der Waals surface area contributed by atoms with E-state index in [1.165, 1.54) is 12.1 Å². The van der Waals surface area contributed by atoms with Crippen molar-refractivity contribution in [1.82, 2.24) is 15.3 Å². The number of benzene rings is 1. The number of aliphatic hydroxyl groups is 1. The molecule has 7 nitrogen and oxygen atoms in total. The molecule has 3 aromatic rings. The maximum Gasteiger partial charge on any atom is 0.416 e. The molecule has 0 spiro atoms. The number of rotatable bonds is 5. The number of urea groups is 1. The number of amides is 2. The average Bonchev–Trinajstić information content (AvgIpc) is 2.72. The molecule has 4 N–H and O–H groups in total. The van der Waals surface area contributed by atoms with Crippen LogP contribution in [-0.4, -0.2) is 47.0 Å². The third-order valence-corrected chi connectivity index (χ3v) is 4.83. The van der Waals surface area contributed by atoms with Crippen molar-refractivity contribution >= 4 is 28.4 Å². The predicted molar refractivity (Wildman–Crippen MR) is 113 cm³/mol. The number of alkyl halides is 3. The molecule has 0 aliphatic carbocycles. The largest absolute Gasteiger partial charge is 0.416 e. The van der Waals surface area contributed by atoms with Crippen LogP contribution in [0.25, 0.3) is 22.0 Å². The number of hydrogen-bond donors (Lipinski definition) is 4. The van der Waals surface area contributed by atoms with Gasteiger partial charge in [-0.1, -0.05) is 0 Å². The number of nitrogens with zero attached hydrogens (tertiary/aromatic N) is 2. The monoisotopic (exact) mass is 451 g/mol. The number of hydrogen-bond acceptors (Lipinski definition) is 5. The zero-order valence-electron chi connectivity index (χ0n) is 17.4. The van der Waals surface area contributed by atoms with E-state index >= 15 is 0 Å². The van der Waals surface area contributed by atoms with Crippen molar-refractivity contribution in [2.24, 2.45) is 0 Å². The van der Waals surface area contributed by atoms with E-state index in [9.17, 15) is 22.4 Å². The van der Waals surface area contributed by atoms with Crippen LogP contribution in [0.3, 0.4) is 0 Å². The number of fused-ring (bicyclic) bond motifs is 1. The molecule has 0 saturated heterocycles. The van der Waals surface area contributed by atoms with Crippen LogP contribution >= 0.6 is 0 Å². The minimum Gasteiger partial charge on any atom is -0.382 e. The molecule has 1 unspecified atom stereocenters. The van der Waals surface area contributed by atoms with Crippen LogP contribution in [0.15, 0.2) is 30.5 Å². The van der Waals surface area contributed by atoms with Crippen molar-refractivity contribution in [3.05, 3.63) is 47.5 Å². The summed E-state index contributed by atoms with van der Waals surface area (Å²) in [4.78, 5) is 20.8. The highest BCUT2D eigenvalue weighted by Gasteiger charge is 2.38. The first-order valence-electron chi connectivity index (χ1n) is 9.55. The summed E-state index contributed by atoms with van der Waals surface area (Å²) in [5.41, 5.74) is 2.99. The van der Waals surface area contributed by atoms with Gasteiger partial charge in [0.05, 0.1) is 17.7 Å². The second-order valence-electron chi connectivity index (χ2n) is 7.17. The summed E-state index contributed by atoms with van der Waals surface area (Å²) >= 11 is 0. The Hall–Kier alpha value is -3.47. The van der Waals surface area contributed by atoms with Crippen molar-refractivity contribution in [2.75, 3.05) is 24.2 Å². The number of halogens is 4. The van der Waals surface area contributed by atoms with Crippen LogP contribution in [0.5, 0.6) is 0 Å². The van der Waals surface area contributed by atoms with Crippen LogP contribution in [-0.2, 0) is 0 Å². The summed E-state index contributed by atoms with van der Waals surface area (Å²) in [7, 11) is 1.74. The van der Waals surface area contributed by atoms with Crippen LogP contribution < -0.4 is 16.0 Å². The van der Waals surface area contributed by atoms with Crippen LogP contribution in [0.2, 0.25) is 0 Å². The molecule has 0 radical (unpaired) electrons. The molecular weight excluding hydrogens is 430 g/mol. The highest BCUT2D eigenvalue weighted by atomic mass is 19.4. The predicted octanol–water partition coefficient (Wildman–Crippen LogP) is 4.14. The number of pyridine rings is 2. The molecule has 2 heterocycles. The number of aromatic nitrogens is 2. The SMILES string of the molecule is CNc1cc2nc(C)c(-c3cc(NC(=O)NCC(O)C(F)(F)F)c(F)cc3C)cc2cn1. The summed E-state index contributed by atoms with van der Waals surface area (Å²) in [6, 6.07) is 5.14. The summed E-state index contributed by atoms with van der Waals surface area (Å²) in [6.45, 7) is 2.41. The topological polar surface area (TPSA) is 99.2 Å². The number of carbonyl (C=O) groups excluding carboxylic acids is 1. The lowest BCUT2D eigenvalue weighted by Gasteiger charge is -2.17. The Bertz CT molecular complexity index is 1170. The minimum absolute atomic E-state index is 0.229. The van der Waals surface area contributed by atoms with Gasteiger partial charge < -0.3 is 21.1 Å². The zero-order chi connectivity index (χ0) is 23.6. The van der Waals surface area contributed by atoms with Gasteiger partial charge >= 0.3 is 12.2 Å². The van der Waals surface area contributed by atoms with Crippen molar-refractivity contribution in [2.45, 2.75) is 26.1 Å². The molecule has 0 saturated carbocycles. The Kier molecular flexibility index (Phi) is 6.49. The van der Waals surface area contributed by atoms with E-state index in [2.05, 4.69) is 20.6 Å². The summed E-state index contributed by atoms with van der Waals surface area (Å²) in [5, 5.41) is 16.7. The standard InChI is InChI=1S/C21H21F4N5O2/c1-10-4-15(22)17(30-20(32)28-9-18(31)21(23,24)25)6-13(10)14-5-12-8-27-19(26-3)7-16(12)29-11(14)2/h4-8,18,31H,9H2,1-3H3,(H,26,27)(H2,28,30,32). The third kappa shape index (κ3) is 5.05. The van der Waals surface area contributed by atoms with Gasteiger partial charge in [-0.25, -0.2) is 14.2 Å². The molecule has 0 bridgehead atoms. The van der Waals surface area contributed by atoms with Gasteiger partial charge in [0.15, 0.2) is 6.10 Å². The van der Waals surface area contributed by atoms with Crippen molar-refractivity contribution < 1.29 is 27.5 Å². The molecule has 0 fully saturated rings. The highest BCUT2D eigenvalue weighted by molar-refractivity contribution is 5.92. The van der Waals surface area contributed by atoms with Crippen molar-refractivity contribution in [3.63, 3.8) is 0 Å². The van der Waals surface area contributed by atoms with E-state index < -0.39 is 30.7 Å². The van der Waals surface area contributed by atoms with Gasteiger partial charge in [-0.15, -0.1) is 0 Å². The Morgan fingerprint density at radius 1 is 1.16 bits per heavy atom. The number of anilines is 2. The quantitative estimate of drug-likeness (QED) is 0.437. The molecule has 1 atom stereocenters. The molecule has 0 aliphatic rings. The van der Waals surface area contributed by atoms with E-state index in [1.54, 1.807) is 33.2 Å². The van der Waals surface area contributed by atoms with Gasteiger partial charge in [0.25, 0.3) is 0 Å². The molecule has 11 heteroatoms. The van der Waals surface area contributed by atoms with E-state index in [4.69, 9.17) is 5.11 Å². The smallest absolute Gasteiger partial charge is 0.382 e. The Labute approximate surface area is 180 Å². The lowest BCUT2D eigenvalue weighted by atomic mass is 9.97. The van der Waals surface area contributed by atoms with E-state index in [-0.39, 0.29) is 5.69 Å². The molecule has 1 aromatic carbocycles. The van der Waals surface area contributed by atoms with Crippen LogP contribution in [0.4, 0.5) is 33.9 Å². The van der Waals surface area contributed by atoms with Crippen LogP contribution in [0.1, 0.15) is 11.3 Å². The molecule has 32 heavy (non-hydrogen) atoms. The molecule has 3 rings (SSSR count). The Morgan fingerprint density at radius 3 is 2.53 bits per heavy atom. The van der Waals surface area contributed by atoms with Crippen LogP contribution in [0, 0.1) is 19.7 Å². The average molecular weight is 451 g/mol. The van der Waals surface area contributed by atoms with Gasteiger partial charge in [-0.3, -0.25) is 4.98 Å². The lowest BCUT2D eigenvalue weighted by molar-refractivity contribution is -0.201. The van der Waals surface area contributed by atoms with E-state index in [0.29, 0.717) is 33.7 Å². The first-order chi connectivity index (χ1) is 15.0. The van der Waals surface area contributed by atoms with Crippen molar-refractivity contribution in [1.29, 1.82) is 0 Å². The minimum atomic E-state index is -4.88. The molecule has 2 aromatic heterocycles. The van der Waals surface area contributed by atoms with Gasteiger partial charge in [-0.2, -0.15) is 13.2 Å². The maximum absolute atomic E-state index is 14.4. The molecule has 170 valence electrons. The first kappa shape index (κ1) is 23.2. The third-order valence-electron chi connectivity index (χ3n) is 4.83. The highest BCUT2D eigenvalue weighted by Crippen LogP contribution is 2.32. The summed E-state index contributed by atoms with van der Waals surface area (Å²) in [6.07, 6.45) is -5.96. The Balaban J connectivity index is 1.90. The second kappa shape index (κ2) is 8.95. The van der Waals surface area contributed by atoms with Gasteiger partial charge in [0.2, 0.25) is 0 Å². The Morgan fingerprint density at radius 2 is 1.88 bits per heavy atom. The zero-order valence-corrected chi connectivity index (χ0v) is 17.4. The molecule has 0 aliphatic heterocycles. The molecular formula is C21H21F4N5O2. The summed E-state index contributed by atoms with van der Waals surface area (Å²) < 4.78 is 51.5. The normalized spacial score (nSPS) is 12.5. The lowest BCUT2D eigenvalue weighted by Crippen LogP contribution is -2.42. The fourth-order valence-electron chi connectivity index (χ4n) is 3.10. The second-order valence-corrected chi connectivity index (χ2v) is 7.17. The maximum atomic E-state index is 14.4. The first-order valence-corrected chi connectivity index (χ1v) is 9.55. The fraction of sp³-hybridized carbons (Fsp3) is 0.286. The molecule has 2 amide bonds. The fourth-order valence-corrected chi connectivity index (χ4v) is 3.10. The van der Waals surface area contributed by atoms with Crippen molar-refractivity contribution in [3.8, 4) is 11.1 Å². The van der Waals surface area contributed by atoms with Gasteiger partial charge in [0, 0.05) is 36.0 Å². The van der Waals surface area contributed by atoms with Gasteiger partial charge in [0.1, 0.15) is 11.6 Å². The number of carbonyl (C=O) groups is 1. The number of aryl methyl sites for hydroxylation is 2. The number of aliphatic hydroxyl groups excluding tert-OH is 1. The number of nitrogens with one attached hydrogen (secondary N) is 3.